The molecule has 13 heavy (non-hydrogen) atoms. The van der Waals surface area contributed by atoms with Crippen molar-refractivity contribution in [1.82, 2.24) is 4.90 Å². The van der Waals surface area contributed by atoms with Gasteiger partial charge in [0.1, 0.15) is 0 Å². The summed E-state index contributed by atoms with van der Waals surface area (Å²) >= 11 is 0. The molecular weight excluding hydrogens is 166 g/mol. The maximum absolute atomic E-state index is 9.27. The zero-order valence-electron chi connectivity index (χ0n) is 8.45. The van der Waals surface area contributed by atoms with Crippen LogP contribution < -0.4 is 0 Å². The minimum absolute atomic E-state index is 0.128. The maximum atomic E-state index is 9.27. The molecule has 0 aromatic carbocycles. The van der Waals surface area contributed by atoms with Crippen LogP contribution in [-0.2, 0) is 0 Å². The Kier molecular flexibility index (Phi) is 4.70. The molecule has 0 heterocycles. The highest BCUT2D eigenvalue weighted by molar-refractivity contribution is 4.74. The maximum Gasteiger partial charge on any atom is 0.0897 e. The van der Waals surface area contributed by atoms with Gasteiger partial charge in [0, 0.05) is 12.6 Å². The molecule has 0 amide bonds. The molecule has 0 aromatic heterocycles. The molecule has 0 radical (unpaired) electrons. The van der Waals surface area contributed by atoms with E-state index in [0.29, 0.717) is 12.6 Å². The summed E-state index contributed by atoms with van der Waals surface area (Å²) in [5, 5.41) is 18.0. The fourth-order valence-corrected chi connectivity index (χ4v) is 2.06. The molecule has 1 saturated carbocycles. The first-order chi connectivity index (χ1) is 6.24. The summed E-state index contributed by atoms with van der Waals surface area (Å²) in [7, 11) is 2.04. The van der Waals surface area contributed by atoms with Crippen molar-refractivity contribution in [3.63, 3.8) is 0 Å². The first-order valence-electron chi connectivity index (χ1n) is 5.23. The largest absolute Gasteiger partial charge is 0.394 e. The summed E-state index contributed by atoms with van der Waals surface area (Å²) in [6.45, 7) is 0.470. The Morgan fingerprint density at radius 1 is 1.31 bits per heavy atom. The number of hydrogen-bond acceptors (Lipinski definition) is 3. The summed E-state index contributed by atoms with van der Waals surface area (Å²) in [5.41, 5.74) is 0. The van der Waals surface area contributed by atoms with Crippen molar-refractivity contribution < 1.29 is 10.2 Å². The lowest BCUT2D eigenvalue weighted by atomic mass is 9.94. The zero-order chi connectivity index (χ0) is 9.68. The van der Waals surface area contributed by atoms with Gasteiger partial charge >= 0.3 is 0 Å². The molecule has 0 aromatic rings. The van der Waals surface area contributed by atoms with E-state index in [2.05, 4.69) is 4.90 Å². The van der Waals surface area contributed by atoms with Crippen molar-refractivity contribution in [2.24, 2.45) is 0 Å². The van der Waals surface area contributed by atoms with E-state index in [1.807, 2.05) is 7.05 Å². The predicted octanol–water partition coefficient (Wildman–Crippen LogP) is 0.604. The fraction of sp³-hybridized carbons (Fsp3) is 1.00. The SMILES string of the molecule is CN(CC(O)CO)C1CCCCC1. The summed E-state index contributed by atoms with van der Waals surface area (Å²) < 4.78 is 0. The lowest BCUT2D eigenvalue weighted by molar-refractivity contribution is 0.0484. The van der Waals surface area contributed by atoms with E-state index < -0.39 is 6.10 Å². The van der Waals surface area contributed by atoms with Crippen molar-refractivity contribution in [1.29, 1.82) is 0 Å². The van der Waals surface area contributed by atoms with Gasteiger partial charge in [-0.1, -0.05) is 19.3 Å². The topological polar surface area (TPSA) is 43.7 Å². The Morgan fingerprint density at radius 2 is 1.92 bits per heavy atom. The third-order valence-electron chi connectivity index (χ3n) is 2.91. The number of aliphatic hydroxyl groups is 2. The summed E-state index contributed by atoms with van der Waals surface area (Å²) in [4.78, 5) is 2.18. The first-order valence-corrected chi connectivity index (χ1v) is 5.23. The molecule has 1 atom stereocenters. The van der Waals surface area contributed by atoms with Crippen LogP contribution in [0.1, 0.15) is 32.1 Å². The van der Waals surface area contributed by atoms with Gasteiger partial charge < -0.3 is 15.1 Å². The van der Waals surface area contributed by atoms with E-state index in [-0.39, 0.29) is 6.61 Å². The number of aliphatic hydroxyl groups excluding tert-OH is 2. The van der Waals surface area contributed by atoms with Gasteiger partial charge in [0.2, 0.25) is 0 Å². The van der Waals surface area contributed by atoms with Gasteiger partial charge in [0.25, 0.3) is 0 Å². The third-order valence-corrected chi connectivity index (χ3v) is 2.91. The Bertz CT molecular complexity index is 135. The minimum Gasteiger partial charge on any atom is -0.394 e. The summed E-state index contributed by atoms with van der Waals surface area (Å²) in [6.07, 6.45) is 5.89. The van der Waals surface area contributed by atoms with E-state index in [1.165, 1.54) is 32.1 Å². The van der Waals surface area contributed by atoms with E-state index in [0.717, 1.165) is 0 Å². The molecule has 1 fully saturated rings. The number of nitrogens with zero attached hydrogens (tertiary/aromatic N) is 1. The molecule has 78 valence electrons. The quantitative estimate of drug-likeness (QED) is 0.677. The van der Waals surface area contributed by atoms with Crippen LogP contribution in [0.2, 0.25) is 0 Å². The fourth-order valence-electron chi connectivity index (χ4n) is 2.06. The number of likely N-dealkylation sites (N-methyl/N-ethyl adjacent to an activating group) is 1. The van der Waals surface area contributed by atoms with Crippen molar-refractivity contribution in [3.05, 3.63) is 0 Å². The second-order valence-electron chi connectivity index (χ2n) is 4.07. The van der Waals surface area contributed by atoms with Gasteiger partial charge in [0.15, 0.2) is 0 Å². The standard InChI is InChI=1S/C10H21NO2/c1-11(7-10(13)8-12)9-5-3-2-4-6-9/h9-10,12-13H,2-8H2,1H3. The van der Waals surface area contributed by atoms with Crippen molar-refractivity contribution in [2.45, 2.75) is 44.2 Å². The van der Waals surface area contributed by atoms with Crippen molar-refractivity contribution in [3.8, 4) is 0 Å². The van der Waals surface area contributed by atoms with Crippen LogP contribution in [0, 0.1) is 0 Å². The molecule has 3 heteroatoms. The molecule has 1 aliphatic rings. The van der Waals surface area contributed by atoms with E-state index >= 15 is 0 Å². The Labute approximate surface area is 80.4 Å². The molecule has 1 aliphatic carbocycles. The van der Waals surface area contributed by atoms with Crippen LogP contribution in [0.5, 0.6) is 0 Å². The minimum atomic E-state index is -0.577. The first kappa shape index (κ1) is 11.0. The molecule has 0 saturated heterocycles. The van der Waals surface area contributed by atoms with Crippen molar-refractivity contribution in [2.75, 3.05) is 20.2 Å². The second-order valence-corrected chi connectivity index (χ2v) is 4.07. The van der Waals surface area contributed by atoms with Crippen LogP contribution in [0.15, 0.2) is 0 Å². The van der Waals surface area contributed by atoms with Crippen LogP contribution in [-0.4, -0.2) is 47.5 Å². The van der Waals surface area contributed by atoms with Gasteiger partial charge in [-0.25, -0.2) is 0 Å². The zero-order valence-corrected chi connectivity index (χ0v) is 8.45. The molecule has 0 bridgehead atoms. The van der Waals surface area contributed by atoms with E-state index in [1.54, 1.807) is 0 Å². The molecule has 0 spiro atoms. The predicted molar refractivity (Wildman–Crippen MR) is 52.6 cm³/mol. The summed E-state index contributed by atoms with van der Waals surface area (Å²) in [6, 6.07) is 0.620. The molecule has 2 N–H and O–H groups in total. The van der Waals surface area contributed by atoms with Crippen LogP contribution in [0.3, 0.4) is 0 Å². The van der Waals surface area contributed by atoms with Crippen LogP contribution in [0.4, 0.5) is 0 Å². The Hall–Kier alpha value is -0.120. The van der Waals surface area contributed by atoms with E-state index in [4.69, 9.17) is 5.11 Å². The normalized spacial score (nSPS) is 22.2. The van der Waals surface area contributed by atoms with Gasteiger partial charge in [-0.15, -0.1) is 0 Å². The molecule has 1 rings (SSSR count). The van der Waals surface area contributed by atoms with Gasteiger partial charge in [-0.2, -0.15) is 0 Å². The van der Waals surface area contributed by atoms with E-state index in [9.17, 15) is 5.11 Å². The molecule has 0 aliphatic heterocycles. The van der Waals surface area contributed by atoms with Crippen LogP contribution >= 0.6 is 0 Å². The Balaban J connectivity index is 2.24. The lowest BCUT2D eigenvalue weighted by Crippen LogP contribution is -2.39. The molecule has 3 nitrogen and oxygen atoms in total. The lowest BCUT2D eigenvalue weighted by Gasteiger charge is -2.32. The average molecular weight is 187 g/mol. The number of rotatable bonds is 4. The van der Waals surface area contributed by atoms with Crippen LogP contribution in [0.25, 0.3) is 0 Å². The van der Waals surface area contributed by atoms with Crippen molar-refractivity contribution >= 4 is 0 Å². The van der Waals surface area contributed by atoms with Gasteiger partial charge in [-0.05, 0) is 19.9 Å². The number of hydrogen-bond donors (Lipinski definition) is 2. The monoisotopic (exact) mass is 187 g/mol. The second kappa shape index (κ2) is 5.58. The molecule has 1 unspecified atom stereocenters. The highest BCUT2D eigenvalue weighted by Crippen LogP contribution is 2.21. The van der Waals surface area contributed by atoms with Gasteiger partial charge in [-0.3, -0.25) is 0 Å². The average Bonchev–Trinajstić information content (AvgIpc) is 2.19. The third kappa shape index (κ3) is 3.63. The summed E-state index contributed by atoms with van der Waals surface area (Å²) in [5.74, 6) is 0. The van der Waals surface area contributed by atoms with Gasteiger partial charge in [0.05, 0.1) is 12.7 Å². The molecular formula is C10H21NO2. The Morgan fingerprint density at radius 3 is 2.46 bits per heavy atom. The highest BCUT2D eigenvalue weighted by atomic mass is 16.3. The smallest absolute Gasteiger partial charge is 0.0897 e. The highest BCUT2D eigenvalue weighted by Gasteiger charge is 2.19.